The van der Waals surface area contributed by atoms with Crippen LogP contribution in [0.5, 0.6) is 0 Å². The summed E-state index contributed by atoms with van der Waals surface area (Å²) in [6.07, 6.45) is 5.64. The van der Waals surface area contributed by atoms with E-state index in [1.165, 1.54) is 13.0 Å². The molecule has 2 aliphatic rings. The lowest BCUT2D eigenvalue weighted by Gasteiger charge is -2.33. The number of carbonyl (C=O) groups excluding carboxylic acids is 1. The Morgan fingerprint density at radius 2 is 2.11 bits per heavy atom. The second-order valence-corrected chi connectivity index (χ2v) is 5.67. The Kier molecular flexibility index (Phi) is 5.45. The minimum absolute atomic E-state index is 0.201. The van der Waals surface area contributed by atoms with E-state index in [2.05, 4.69) is 22.5 Å². The van der Waals surface area contributed by atoms with Crippen LogP contribution in [0.1, 0.15) is 39.0 Å². The zero-order chi connectivity index (χ0) is 12.8. The molecule has 0 aromatic carbocycles. The van der Waals surface area contributed by atoms with Crippen molar-refractivity contribution < 1.29 is 4.79 Å². The first-order valence-electron chi connectivity index (χ1n) is 7.53. The van der Waals surface area contributed by atoms with Crippen molar-refractivity contribution in [3.05, 3.63) is 0 Å². The van der Waals surface area contributed by atoms with E-state index in [1.54, 1.807) is 0 Å². The van der Waals surface area contributed by atoms with E-state index >= 15 is 0 Å². The topological polar surface area (TPSA) is 44.4 Å². The lowest BCUT2D eigenvalue weighted by Crippen LogP contribution is -2.48. The van der Waals surface area contributed by atoms with Crippen LogP contribution in [-0.4, -0.2) is 49.6 Å². The molecule has 4 heteroatoms. The Morgan fingerprint density at radius 3 is 2.72 bits per heavy atom. The highest BCUT2D eigenvalue weighted by Gasteiger charge is 2.25. The van der Waals surface area contributed by atoms with Gasteiger partial charge in [0, 0.05) is 25.7 Å². The fraction of sp³-hybridized carbons (Fsp3) is 0.929. The van der Waals surface area contributed by atoms with Crippen LogP contribution in [0, 0.1) is 5.92 Å². The maximum Gasteiger partial charge on any atom is 0.224 e. The summed E-state index contributed by atoms with van der Waals surface area (Å²) < 4.78 is 0. The van der Waals surface area contributed by atoms with Crippen LogP contribution in [0.15, 0.2) is 0 Å². The Labute approximate surface area is 110 Å². The van der Waals surface area contributed by atoms with Gasteiger partial charge in [-0.1, -0.05) is 6.92 Å². The molecule has 2 fully saturated rings. The number of likely N-dealkylation sites (tertiary alicyclic amines) is 1. The maximum atomic E-state index is 12.1. The van der Waals surface area contributed by atoms with Gasteiger partial charge in [-0.15, -0.1) is 0 Å². The normalized spacial score (nSPS) is 27.1. The van der Waals surface area contributed by atoms with E-state index in [9.17, 15) is 4.79 Å². The molecule has 0 saturated carbocycles. The van der Waals surface area contributed by atoms with Gasteiger partial charge in [0.25, 0.3) is 0 Å². The monoisotopic (exact) mass is 253 g/mol. The Morgan fingerprint density at radius 1 is 1.33 bits per heavy atom. The third-order valence-corrected chi connectivity index (χ3v) is 4.14. The molecule has 2 rings (SSSR count). The predicted molar refractivity (Wildman–Crippen MR) is 73.5 cm³/mol. The summed E-state index contributed by atoms with van der Waals surface area (Å²) >= 11 is 0. The SMILES string of the molecule is CCCN1CCC(NC(=O)[C@H]2CCCNC2)CC1. The second kappa shape index (κ2) is 7.10. The number of hydrogen-bond donors (Lipinski definition) is 2. The molecular weight excluding hydrogens is 226 g/mol. The van der Waals surface area contributed by atoms with Crippen LogP contribution in [0.2, 0.25) is 0 Å². The van der Waals surface area contributed by atoms with Crippen LogP contribution in [0.4, 0.5) is 0 Å². The van der Waals surface area contributed by atoms with Gasteiger partial charge in [0.2, 0.25) is 5.91 Å². The highest BCUT2D eigenvalue weighted by molar-refractivity contribution is 5.79. The number of hydrogen-bond acceptors (Lipinski definition) is 3. The van der Waals surface area contributed by atoms with Crippen molar-refractivity contribution in [2.75, 3.05) is 32.7 Å². The van der Waals surface area contributed by atoms with Crippen LogP contribution in [0.25, 0.3) is 0 Å². The molecule has 0 aliphatic carbocycles. The van der Waals surface area contributed by atoms with Crippen molar-refractivity contribution in [3.8, 4) is 0 Å². The smallest absolute Gasteiger partial charge is 0.224 e. The van der Waals surface area contributed by atoms with Gasteiger partial charge in [-0.3, -0.25) is 4.79 Å². The van der Waals surface area contributed by atoms with E-state index in [0.717, 1.165) is 51.9 Å². The number of nitrogens with zero attached hydrogens (tertiary/aromatic N) is 1. The van der Waals surface area contributed by atoms with Crippen molar-refractivity contribution in [2.24, 2.45) is 5.92 Å². The average Bonchev–Trinajstić information content (AvgIpc) is 2.42. The van der Waals surface area contributed by atoms with Crippen molar-refractivity contribution >= 4 is 5.91 Å². The van der Waals surface area contributed by atoms with Gasteiger partial charge in [0.15, 0.2) is 0 Å². The summed E-state index contributed by atoms with van der Waals surface area (Å²) in [7, 11) is 0. The standard InChI is InChI=1S/C14H27N3O/c1-2-8-17-9-5-13(6-10-17)16-14(18)12-4-3-7-15-11-12/h12-13,15H,2-11H2,1H3,(H,16,18)/t12-/m0/s1. The largest absolute Gasteiger partial charge is 0.353 e. The van der Waals surface area contributed by atoms with E-state index in [-0.39, 0.29) is 11.8 Å². The molecule has 104 valence electrons. The van der Waals surface area contributed by atoms with Gasteiger partial charge in [-0.25, -0.2) is 0 Å². The molecular formula is C14H27N3O. The van der Waals surface area contributed by atoms with Gasteiger partial charge in [-0.05, 0) is 45.2 Å². The lowest BCUT2D eigenvalue weighted by molar-refractivity contribution is -0.126. The van der Waals surface area contributed by atoms with E-state index in [4.69, 9.17) is 0 Å². The number of carbonyl (C=O) groups is 1. The van der Waals surface area contributed by atoms with Crippen LogP contribution in [-0.2, 0) is 4.79 Å². The molecule has 1 atom stereocenters. The summed E-state index contributed by atoms with van der Waals surface area (Å²) in [5.74, 6) is 0.476. The summed E-state index contributed by atoms with van der Waals surface area (Å²) in [5.41, 5.74) is 0. The molecule has 2 aliphatic heterocycles. The summed E-state index contributed by atoms with van der Waals surface area (Å²) in [5, 5.41) is 6.55. The molecule has 2 saturated heterocycles. The molecule has 0 unspecified atom stereocenters. The predicted octanol–water partition coefficient (Wildman–Crippen LogP) is 0.977. The van der Waals surface area contributed by atoms with Crippen molar-refractivity contribution in [1.29, 1.82) is 0 Å². The van der Waals surface area contributed by atoms with Crippen LogP contribution in [0.3, 0.4) is 0 Å². The van der Waals surface area contributed by atoms with Crippen molar-refractivity contribution in [1.82, 2.24) is 15.5 Å². The molecule has 0 aromatic heterocycles. The molecule has 0 spiro atoms. The quantitative estimate of drug-likeness (QED) is 0.785. The fourth-order valence-electron chi connectivity index (χ4n) is 3.01. The highest BCUT2D eigenvalue weighted by Crippen LogP contribution is 2.14. The number of rotatable bonds is 4. The van der Waals surface area contributed by atoms with E-state index in [0.29, 0.717) is 6.04 Å². The fourth-order valence-corrected chi connectivity index (χ4v) is 3.01. The minimum atomic E-state index is 0.201. The molecule has 0 aromatic rings. The van der Waals surface area contributed by atoms with Gasteiger partial charge in [-0.2, -0.15) is 0 Å². The summed E-state index contributed by atoms with van der Waals surface area (Å²) in [4.78, 5) is 14.6. The van der Waals surface area contributed by atoms with Crippen LogP contribution < -0.4 is 10.6 Å². The average molecular weight is 253 g/mol. The Hall–Kier alpha value is -0.610. The maximum absolute atomic E-state index is 12.1. The molecule has 1 amide bonds. The van der Waals surface area contributed by atoms with Gasteiger partial charge >= 0.3 is 0 Å². The third kappa shape index (κ3) is 3.95. The number of nitrogens with one attached hydrogen (secondary N) is 2. The first kappa shape index (κ1) is 13.8. The number of piperidine rings is 2. The summed E-state index contributed by atoms with van der Waals surface area (Å²) in [6, 6.07) is 0.410. The zero-order valence-corrected chi connectivity index (χ0v) is 11.6. The van der Waals surface area contributed by atoms with Gasteiger partial charge in [0.05, 0.1) is 5.92 Å². The first-order chi connectivity index (χ1) is 8.79. The molecule has 18 heavy (non-hydrogen) atoms. The van der Waals surface area contributed by atoms with Crippen molar-refractivity contribution in [3.63, 3.8) is 0 Å². The van der Waals surface area contributed by atoms with Crippen LogP contribution >= 0.6 is 0 Å². The molecule has 2 heterocycles. The van der Waals surface area contributed by atoms with Gasteiger partial charge in [0.1, 0.15) is 0 Å². The minimum Gasteiger partial charge on any atom is -0.353 e. The highest BCUT2D eigenvalue weighted by atomic mass is 16.2. The Bertz CT molecular complexity index is 256. The Balaban J connectivity index is 1.68. The van der Waals surface area contributed by atoms with Gasteiger partial charge < -0.3 is 15.5 Å². The van der Waals surface area contributed by atoms with E-state index < -0.39 is 0 Å². The second-order valence-electron chi connectivity index (χ2n) is 5.67. The first-order valence-corrected chi connectivity index (χ1v) is 7.53. The number of amides is 1. The molecule has 4 nitrogen and oxygen atoms in total. The summed E-state index contributed by atoms with van der Waals surface area (Å²) in [6.45, 7) is 7.64. The van der Waals surface area contributed by atoms with E-state index in [1.807, 2.05) is 0 Å². The lowest BCUT2D eigenvalue weighted by atomic mass is 9.97. The molecule has 0 bridgehead atoms. The zero-order valence-electron chi connectivity index (χ0n) is 11.6. The third-order valence-electron chi connectivity index (χ3n) is 4.14. The molecule has 2 N–H and O–H groups in total. The molecule has 0 radical (unpaired) electrons. The van der Waals surface area contributed by atoms with Crippen molar-refractivity contribution in [2.45, 2.75) is 45.1 Å².